The van der Waals surface area contributed by atoms with Crippen molar-refractivity contribution in [1.29, 1.82) is 0 Å². The average molecular weight is 307 g/mol. The third-order valence-corrected chi connectivity index (χ3v) is 2.55. The molecule has 0 aliphatic heterocycles. The topological polar surface area (TPSA) is 56.8 Å². The van der Waals surface area contributed by atoms with Crippen LogP contribution in [0.2, 0.25) is 0 Å². The molecular weight excluding hydrogens is 282 g/mol. The fourth-order valence-corrected chi connectivity index (χ4v) is 1.65. The molecule has 0 aliphatic carbocycles. The minimum atomic E-state index is -0.621. The zero-order valence-corrected chi connectivity index (χ0v) is 13.5. The Morgan fingerprint density at radius 2 is 2.00 bits per heavy atom. The number of ether oxygens (including phenoxy) is 2. The molecule has 122 valence electrons. The summed E-state index contributed by atoms with van der Waals surface area (Å²) in [7, 11) is 0. The van der Waals surface area contributed by atoms with Gasteiger partial charge in [-0.25, -0.2) is 4.79 Å². The van der Waals surface area contributed by atoms with Crippen LogP contribution in [0.15, 0.2) is 43.0 Å². The second-order valence-corrected chi connectivity index (χ2v) is 5.87. The lowest BCUT2D eigenvalue weighted by Crippen LogP contribution is -2.36. The van der Waals surface area contributed by atoms with Crippen molar-refractivity contribution in [1.82, 2.24) is 5.48 Å². The number of rotatable bonds is 8. The molecule has 0 heterocycles. The fraction of sp³-hybridized carbons (Fsp3) is 0.471. The number of hydrogen-bond donors (Lipinski definition) is 1. The van der Waals surface area contributed by atoms with Crippen LogP contribution in [0.25, 0.3) is 0 Å². The number of nitrogens with one attached hydrogen (secondary N) is 1. The molecule has 0 radical (unpaired) electrons. The van der Waals surface area contributed by atoms with Crippen LogP contribution >= 0.6 is 0 Å². The van der Waals surface area contributed by atoms with Crippen LogP contribution < -0.4 is 5.48 Å². The lowest BCUT2D eigenvalue weighted by atomic mass is 10.2. The number of hydrogen-bond acceptors (Lipinski definition) is 4. The van der Waals surface area contributed by atoms with Gasteiger partial charge in [-0.1, -0.05) is 36.4 Å². The summed E-state index contributed by atoms with van der Waals surface area (Å²) in [6.07, 6.45) is 1.34. The van der Waals surface area contributed by atoms with Gasteiger partial charge in [0.1, 0.15) is 11.7 Å². The highest BCUT2D eigenvalue weighted by atomic mass is 16.7. The molecule has 1 aromatic carbocycles. The Bertz CT molecular complexity index is 453. The predicted molar refractivity (Wildman–Crippen MR) is 85.2 cm³/mol. The average Bonchev–Trinajstić information content (AvgIpc) is 2.44. The minimum absolute atomic E-state index is 0.311. The van der Waals surface area contributed by atoms with E-state index < -0.39 is 11.7 Å². The summed E-state index contributed by atoms with van der Waals surface area (Å²) >= 11 is 0. The molecule has 5 nitrogen and oxygen atoms in total. The van der Waals surface area contributed by atoms with Gasteiger partial charge >= 0.3 is 6.09 Å². The maximum absolute atomic E-state index is 11.5. The lowest BCUT2D eigenvalue weighted by molar-refractivity contribution is -0.0731. The maximum Gasteiger partial charge on any atom is 0.431 e. The van der Waals surface area contributed by atoms with E-state index in [1.165, 1.54) is 0 Å². The van der Waals surface area contributed by atoms with E-state index in [1.54, 1.807) is 26.8 Å². The van der Waals surface area contributed by atoms with Gasteiger partial charge in [0.15, 0.2) is 0 Å². The molecule has 1 atom stereocenters. The molecule has 1 N–H and O–H groups in total. The van der Waals surface area contributed by atoms with E-state index in [1.807, 2.05) is 30.3 Å². The molecule has 5 heteroatoms. The number of benzene rings is 1. The van der Waals surface area contributed by atoms with Crippen LogP contribution in [0.5, 0.6) is 0 Å². The summed E-state index contributed by atoms with van der Waals surface area (Å²) in [5.74, 6) is 0. The van der Waals surface area contributed by atoms with Gasteiger partial charge in [0.05, 0.1) is 13.2 Å². The van der Waals surface area contributed by atoms with E-state index in [0.29, 0.717) is 19.6 Å². The van der Waals surface area contributed by atoms with Crippen LogP contribution in [0, 0.1) is 0 Å². The zero-order valence-electron chi connectivity index (χ0n) is 13.5. The Hall–Kier alpha value is -1.85. The highest BCUT2D eigenvalue weighted by Gasteiger charge is 2.17. The molecule has 1 aromatic rings. The van der Waals surface area contributed by atoms with Crippen LogP contribution in [0.3, 0.4) is 0 Å². The van der Waals surface area contributed by atoms with Gasteiger partial charge in [-0.15, -0.1) is 6.58 Å². The first kappa shape index (κ1) is 18.2. The van der Waals surface area contributed by atoms with Crippen molar-refractivity contribution in [2.75, 3.05) is 6.61 Å². The highest BCUT2D eigenvalue weighted by Crippen LogP contribution is 2.08. The Morgan fingerprint density at radius 1 is 1.32 bits per heavy atom. The maximum atomic E-state index is 11.5. The van der Waals surface area contributed by atoms with E-state index in [9.17, 15) is 4.79 Å². The van der Waals surface area contributed by atoms with Crippen molar-refractivity contribution in [3.05, 3.63) is 48.6 Å². The Morgan fingerprint density at radius 3 is 2.59 bits per heavy atom. The monoisotopic (exact) mass is 307 g/mol. The molecule has 0 bridgehead atoms. The molecule has 0 aromatic heterocycles. The van der Waals surface area contributed by atoms with Gasteiger partial charge in [-0.3, -0.25) is 4.84 Å². The number of hydroxylamine groups is 1. The van der Waals surface area contributed by atoms with Crippen LogP contribution in [0.1, 0.15) is 32.8 Å². The fourth-order valence-electron chi connectivity index (χ4n) is 1.65. The molecular formula is C17H25NO4. The van der Waals surface area contributed by atoms with E-state index in [-0.39, 0.29) is 6.10 Å². The molecule has 0 aliphatic rings. The Kier molecular flexibility index (Phi) is 7.63. The first-order chi connectivity index (χ1) is 10.4. The molecule has 0 saturated carbocycles. The summed E-state index contributed by atoms with van der Waals surface area (Å²) < 4.78 is 10.7. The summed E-state index contributed by atoms with van der Waals surface area (Å²) in [4.78, 5) is 16.8. The summed E-state index contributed by atoms with van der Waals surface area (Å²) in [6.45, 7) is 9.87. The number of carbonyl (C=O) groups is 1. The second kappa shape index (κ2) is 9.23. The Balaban J connectivity index is 2.32. The zero-order chi connectivity index (χ0) is 16.4. The van der Waals surface area contributed by atoms with Crippen molar-refractivity contribution in [3.63, 3.8) is 0 Å². The number of amides is 1. The first-order valence-electron chi connectivity index (χ1n) is 7.28. The molecule has 0 spiro atoms. The molecule has 0 saturated heterocycles. The smallest absolute Gasteiger partial charge is 0.431 e. The SMILES string of the molecule is C=CCC(COCc1ccccc1)ONC(=O)OC(C)(C)C. The quantitative estimate of drug-likeness (QED) is 0.589. The Labute approximate surface area is 132 Å². The summed E-state index contributed by atoms with van der Waals surface area (Å²) in [5.41, 5.74) is 2.80. The largest absolute Gasteiger partial charge is 0.442 e. The normalized spacial score (nSPS) is 12.5. The van der Waals surface area contributed by atoms with E-state index in [4.69, 9.17) is 14.3 Å². The van der Waals surface area contributed by atoms with Gasteiger partial charge in [-0.2, -0.15) is 5.48 Å². The van der Waals surface area contributed by atoms with E-state index in [0.717, 1.165) is 5.56 Å². The van der Waals surface area contributed by atoms with E-state index >= 15 is 0 Å². The molecule has 1 rings (SSSR count). The third-order valence-electron chi connectivity index (χ3n) is 2.55. The predicted octanol–water partition coefficient (Wildman–Crippen LogP) is 3.60. The van der Waals surface area contributed by atoms with Crippen molar-refractivity contribution in [2.24, 2.45) is 0 Å². The van der Waals surface area contributed by atoms with Gasteiger partial charge < -0.3 is 9.47 Å². The number of carbonyl (C=O) groups excluding carboxylic acids is 1. The van der Waals surface area contributed by atoms with Gasteiger partial charge in [0.2, 0.25) is 0 Å². The van der Waals surface area contributed by atoms with Gasteiger partial charge in [0, 0.05) is 0 Å². The van der Waals surface area contributed by atoms with Crippen LogP contribution in [-0.2, 0) is 20.9 Å². The third kappa shape index (κ3) is 8.44. The van der Waals surface area contributed by atoms with Gasteiger partial charge in [-0.05, 0) is 32.8 Å². The molecule has 22 heavy (non-hydrogen) atoms. The van der Waals surface area contributed by atoms with Crippen molar-refractivity contribution in [2.45, 2.75) is 45.5 Å². The second-order valence-electron chi connectivity index (χ2n) is 5.87. The minimum Gasteiger partial charge on any atom is -0.442 e. The molecule has 0 fully saturated rings. The highest BCUT2D eigenvalue weighted by molar-refractivity contribution is 5.66. The lowest BCUT2D eigenvalue weighted by Gasteiger charge is -2.21. The standard InChI is InChI=1S/C17H25NO4/c1-5-9-15(22-18-16(19)21-17(2,3)4)13-20-12-14-10-7-6-8-11-14/h5-8,10-11,15H,1,9,12-13H2,2-4H3,(H,18,19). The van der Waals surface area contributed by atoms with Crippen molar-refractivity contribution >= 4 is 6.09 Å². The van der Waals surface area contributed by atoms with Crippen LogP contribution in [-0.4, -0.2) is 24.4 Å². The van der Waals surface area contributed by atoms with Gasteiger partial charge in [0.25, 0.3) is 0 Å². The molecule has 1 unspecified atom stereocenters. The van der Waals surface area contributed by atoms with E-state index in [2.05, 4.69) is 12.1 Å². The first-order valence-corrected chi connectivity index (χ1v) is 7.28. The van der Waals surface area contributed by atoms with Crippen molar-refractivity contribution < 1.29 is 19.1 Å². The summed E-state index contributed by atoms with van der Waals surface area (Å²) in [5, 5.41) is 0. The van der Waals surface area contributed by atoms with Crippen LogP contribution in [0.4, 0.5) is 4.79 Å². The molecule has 1 amide bonds. The summed E-state index contributed by atoms with van der Waals surface area (Å²) in [6, 6.07) is 9.85. The van der Waals surface area contributed by atoms with Crippen molar-refractivity contribution in [3.8, 4) is 0 Å².